The highest BCUT2D eigenvalue weighted by Gasteiger charge is 2.28. The maximum atomic E-state index is 11.8. The summed E-state index contributed by atoms with van der Waals surface area (Å²) in [5.41, 5.74) is 7.01. The number of amides is 1. The molecule has 3 nitrogen and oxygen atoms in total. The minimum atomic E-state index is -0.525. The molecule has 4 heteroatoms. The normalized spacial score (nSPS) is 13.5. The molecule has 110 valence electrons. The maximum absolute atomic E-state index is 11.8. The van der Waals surface area contributed by atoms with Crippen LogP contribution in [-0.2, 0) is 16.8 Å². The summed E-state index contributed by atoms with van der Waals surface area (Å²) >= 11 is 6.05. The Balaban J connectivity index is 2.34. The van der Waals surface area contributed by atoms with Crippen LogP contribution >= 0.6 is 11.6 Å². The smallest absolute Gasteiger partial charge is 0.234 e. The topological polar surface area (TPSA) is 55.1 Å². The molecule has 0 spiro atoms. The number of hydrogen-bond acceptors (Lipinski definition) is 2. The molecule has 0 saturated carbocycles. The van der Waals surface area contributed by atoms with Crippen molar-refractivity contribution in [3.05, 3.63) is 70.7 Å². The van der Waals surface area contributed by atoms with E-state index in [9.17, 15) is 4.79 Å². The zero-order valence-corrected chi connectivity index (χ0v) is 12.7. The number of benzene rings is 2. The van der Waals surface area contributed by atoms with Crippen molar-refractivity contribution in [2.45, 2.75) is 18.9 Å². The number of nitrogens with one attached hydrogen (secondary N) is 1. The van der Waals surface area contributed by atoms with Gasteiger partial charge in [-0.2, -0.15) is 0 Å². The Morgan fingerprint density at radius 2 is 1.90 bits per heavy atom. The zero-order chi connectivity index (χ0) is 15.3. The van der Waals surface area contributed by atoms with Crippen LogP contribution in [-0.4, -0.2) is 12.5 Å². The van der Waals surface area contributed by atoms with Gasteiger partial charge in [-0.1, -0.05) is 54.1 Å². The van der Waals surface area contributed by atoms with E-state index in [-0.39, 0.29) is 12.5 Å². The van der Waals surface area contributed by atoms with Gasteiger partial charge in [0.2, 0.25) is 5.91 Å². The van der Waals surface area contributed by atoms with Gasteiger partial charge in [-0.25, -0.2) is 0 Å². The summed E-state index contributed by atoms with van der Waals surface area (Å²) < 4.78 is 0. The number of rotatable bonds is 5. The first-order valence-electron chi connectivity index (χ1n) is 6.84. The van der Waals surface area contributed by atoms with Gasteiger partial charge in [0.1, 0.15) is 0 Å². The van der Waals surface area contributed by atoms with E-state index in [0.29, 0.717) is 11.4 Å². The van der Waals surface area contributed by atoms with Crippen LogP contribution in [0.4, 0.5) is 0 Å². The van der Waals surface area contributed by atoms with Gasteiger partial charge >= 0.3 is 0 Å². The molecule has 0 bridgehead atoms. The average Bonchev–Trinajstić information content (AvgIpc) is 2.48. The summed E-state index contributed by atoms with van der Waals surface area (Å²) in [7, 11) is 0. The van der Waals surface area contributed by atoms with Crippen LogP contribution in [0.1, 0.15) is 18.1 Å². The molecule has 0 heterocycles. The van der Waals surface area contributed by atoms with Gasteiger partial charge in [-0.15, -0.1) is 0 Å². The third kappa shape index (κ3) is 4.06. The second-order valence-electron chi connectivity index (χ2n) is 5.26. The van der Waals surface area contributed by atoms with Crippen LogP contribution < -0.4 is 11.1 Å². The van der Waals surface area contributed by atoms with E-state index < -0.39 is 5.54 Å². The fourth-order valence-corrected chi connectivity index (χ4v) is 2.65. The van der Waals surface area contributed by atoms with Gasteiger partial charge in [0, 0.05) is 5.02 Å². The lowest BCUT2D eigenvalue weighted by Gasteiger charge is -2.32. The molecule has 2 aromatic rings. The minimum Gasteiger partial charge on any atom is -0.345 e. The van der Waals surface area contributed by atoms with Gasteiger partial charge in [0.05, 0.1) is 12.1 Å². The summed E-state index contributed by atoms with van der Waals surface area (Å²) in [4.78, 5) is 11.8. The first-order valence-corrected chi connectivity index (χ1v) is 7.22. The lowest BCUT2D eigenvalue weighted by molar-refractivity contribution is -0.121. The van der Waals surface area contributed by atoms with Crippen LogP contribution in [0.25, 0.3) is 0 Å². The number of nitrogens with two attached hydrogens (primary N) is 1. The quantitative estimate of drug-likeness (QED) is 0.892. The molecular formula is C17H19ClN2O. The van der Waals surface area contributed by atoms with E-state index in [1.165, 1.54) is 0 Å². The highest BCUT2D eigenvalue weighted by molar-refractivity contribution is 6.30. The molecule has 3 N–H and O–H groups in total. The number of carbonyl (C=O) groups excluding carboxylic acids is 1. The van der Waals surface area contributed by atoms with Gasteiger partial charge in [0.15, 0.2) is 0 Å². The Morgan fingerprint density at radius 3 is 2.52 bits per heavy atom. The second-order valence-corrected chi connectivity index (χ2v) is 5.69. The molecular weight excluding hydrogens is 284 g/mol. The maximum Gasteiger partial charge on any atom is 0.234 e. The van der Waals surface area contributed by atoms with Crippen LogP contribution in [0.15, 0.2) is 54.6 Å². The van der Waals surface area contributed by atoms with Gasteiger partial charge in [0.25, 0.3) is 0 Å². The predicted molar refractivity (Wildman–Crippen MR) is 86.1 cm³/mol. The van der Waals surface area contributed by atoms with E-state index in [1.54, 1.807) is 0 Å². The summed E-state index contributed by atoms with van der Waals surface area (Å²) in [6, 6.07) is 17.5. The van der Waals surface area contributed by atoms with E-state index >= 15 is 0 Å². The largest absolute Gasteiger partial charge is 0.345 e. The lowest BCUT2D eigenvalue weighted by Crippen LogP contribution is -2.47. The Bertz CT molecular complexity index is 615. The Morgan fingerprint density at radius 1 is 1.19 bits per heavy atom. The molecule has 1 unspecified atom stereocenters. The third-order valence-corrected chi connectivity index (χ3v) is 3.69. The number of halogens is 1. The molecule has 21 heavy (non-hydrogen) atoms. The summed E-state index contributed by atoms with van der Waals surface area (Å²) in [6.45, 7) is 1.97. The van der Waals surface area contributed by atoms with Crippen molar-refractivity contribution in [3.63, 3.8) is 0 Å². The van der Waals surface area contributed by atoms with E-state index in [1.807, 2.05) is 61.5 Å². The molecule has 2 rings (SSSR count). The molecule has 1 atom stereocenters. The van der Waals surface area contributed by atoms with Gasteiger partial charge in [-0.05, 0) is 36.6 Å². The van der Waals surface area contributed by atoms with Crippen LogP contribution in [0, 0.1) is 0 Å². The molecule has 1 amide bonds. The summed E-state index contributed by atoms with van der Waals surface area (Å²) in [5, 5.41) is 3.71. The molecule has 0 fully saturated rings. The molecule has 0 saturated heterocycles. The Labute approximate surface area is 130 Å². The number of carbonyl (C=O) groups is 1. The van der Waals surface area contributed by atoms with Crippen LogP contribution in [0.3, 0.4) is 0 Å². The average molecular weight is 303 g/mol. The van der Waals surface area contributed by atoms with E-state index in [2.05, 4.69) is 5.32 Å². The van der Waals surface area contributed by atoms with Crippen molar-refractivity contribution < 1.29 is 4.79 Å². The molecule has 0 aliphatic rings. The Hall–Kier alpha value is -1.84. The van der Waals surface area contributed by atoms with Crippen molar-refractivity contribution in [2.75, 3.05) is 6.54 Å². The molecule has 0 radical (unpaired) electrons. The SMILES string of the molecule is CC(Cc1cccc(Cl)c1)(NC(=O)CN)c1ccccc1. The van der Waals surface area contributed by atoms with Crippen molar-refractivity contribution in [2.24, 2.45) is 5.73 Å². The highest BCUT2D eigenvalue weighted by Crippen LogP contribution is 2.26. The van der Waals surface area contributed by atoms with Crippen LogP contribution in [0.5, 0.6) is 0 Å². The lowest BCUT2D eigenvalue weighted by atomic mass is 9.85. The monoisotopic (exact) mass is 302 g/mol. The summed E-state index contributed by atoms with van der Waals surface area (Å²) in [6.07, 6.45) is 0.642. The summed E-state index contributed by atoms with van der Waals surface area (Å²) in [5.74, 6) is -0.177. The third-order valence-electron chi connectivity index (χ3n) is 3.46. The standard InChI is InChI=1S/C17H19ClN2O/c1-17(20-16(21)12-19,14-7-3-2-4-8-14)11-13-6-5-9-15(18)10-13/h2-10H,11-12,19H2,1H3,(H,20,21). The Kier molecular flexibility index (Phi) is 4.99. The first kappa shape index (κ1) is 15.5. The highest BCUT2D eigenvalue weighted by atomic mass is 35.5. The van der Waals surface area contributed by atoms with E-state index in [4.69, 9.17) is 17.3 Å². The fraction of sp³-hybridized carbons (Fsp3) is 0.235. The molecule has 0 aliphatic carbocycles. The minimum absolute atomic E-state index is 0.0298. The van der Waals surface area contributed by atoms with E-state index in [0.717, 1.165) is 11.1 Å². The zero-order valence-electron chi connectivity index (χ0n) is 12.0. The van der Waals surface area contributed by atoms with Crippen molar-refractivity contribution in [3.8, 4) is 0 Å². The number of hydrogen-bond donors (Lipinski definition) is 2. The van der Waals surface area contributed by atoms with Gasteiger partial charge < -0.3 is 11.1 Å². The van der Waals surface area contributed by atoms with Crippen molar-refractivity contribution >= 4 is 17.5 Å². The first-order chi connectivity index (χ1) is 10.0. The fourth-order valence-electron chi connectivity index (χ4n) is 2.44. The van der Waals surface area contributed by atoms with Crippen molar-refractivity contribution in [1.82, 2.24) is 5.32 Å². The van der Waals surface area contributed by atoms with Crippen molar-refractivity contribution in [1.29, 1.82) is 0 Å². The molecule has 2 aromatic carbocycles. The second kappa shape index (κ2) is 6.74. The molecule has 0 aliphatic heterocycles. The van der Waals surface area contributed by atoms with Gasteiger partial charge in [-0.3, -0.25) is 4.79 Å². The molecule has 0 aromatic heterocycles. The predicted octanol–water partition coefficient (Wildman–Crippen LogP) is 2.87. The van der Waals surface area contributed by atoms with Crippen LogP contribution in [0.2, 0.25) is 5.02 Å².